The molecule has 5 heteroatoms. The maximum Gasteiger partial charge on any atom is 0.303 e. The molecule has 0 radical (unpaired) electrons. The van der Waals surface area contributed by atoms with Crippen LogP contribution in [0.5, 0.6) is 0 Å². The zero-order chi connectivity index (χ0) is 18.3. The highest BCUT2D eigenvalue weighted by Gasteiger charge is 2.25. The number of aryl methyl sites for hydroxylation is 2. The van der Waals surface area contributed by atoms with Crippen molar-refractivity contribution in [3.05, 3.63) is 51.8 Å². The van der Waals surface area contributed by atoms with Crippen LogP contribution >= 0.6 is 0 Å². The van der Waals surface area contributed by atoms with Gasteiger partial charge < -0.3 is 15.4 Å². The van der Waals surface area contributed by atoms with Crippen LogP contribution in [0.15, 0.2) is 18.2 Å². The Morgan fingerprint density at radius 1 is 1.27 bits per heavy atom. The molecule has 1 aliphatic carbocycles. The Kier molecular flexibility index (Phi) is 4.15. The summed E-state index contributed by atoms with van der Waals surface area (Å²) < 4.78 is 0. The predicted molar refractivity (Wildman–Crippen MR) is 101 cm³/mol. The van der Waals surface area contributed by atoms with Gasteiger partial charge in [-0.3, -0.25) is 9.59 Å². The van der Waals surface area contributed by atoms with E-state index >= 15 is 0 Å². The number of rotatable bonds is 4. The minimum atomic E-state index is -0.817. The second-order valence-electron chi connectivity index (χ2n) is 7.11. The van der Waals surface area contributed by atoms with Gasteiger partial charge in [-0.05, 0) is 73.9 Å². The van der Waals surface area contributed by atoms with Crippen molar-refractivity contribution in [2.24, 2.45) is 0 Å². The van der Waals surface area contributed by atoms with Crippen LogP contribution in [0.25, 0.3) is 11.6 Å². The Morgan fingerprint density at radius 2 is 2.08 bits per heavy atom. The number of anilines is 1. The monoisotopic (exact) mass is 350 g/mol. The maximum atomic E-state index is 12.5. The molecule has 1 aliphatic heterocycles. The fraction of sp³-hybridized carbons (Fsp3) is 0.333. The lowest BCUT2D eigenvalue weighted by atomic mass is 9.94. The number of carboxylic acid groups (broad SMARTS) is 1. The molecule has 0 unspecified atom stereocenters. The summed E-state index contributed by atoms with van der Waals surface area (Å²) in [6.07, 6.45) is 7.08. The highest BCUT2D eigenvalue weighted by Crippen LogP contribution is 2.35. The number of aliphatic carboxylic acids is 1. The van der Waals surface area contributed by atoms with Crippen LogP contribution in [0.4, 0.5) is 5.69 Å². The van der Waals surface area contributed by atoms with Gasteiger partial charge in [0.1, 0.15) is 0 Å². The normalized spacial score (nSPS) is 17.1. The number of carbonyl (C=O) groups excluding carboxylic acids is 1. The number of nitrogens with one attached hydrogen (secondary N) is 2. The zero-order valence-corrected chi connectivity index (χ0v) is 14.8. The molecule has 2 heterocycles. The number of amides is 1. The van der Waals surface area contributed by atoms with E-state index in [1.807, 2.05) is 24.3 Å². The van der Waals surface area contributed by atoms with E-state index in [1.165, 1.54) is 29.7 Å². The first kappa shape index (κ1) is 16.6. The first-order valence-electron chi connectivity index (χ1n) is 9.11. The molecule has 1 aromatic heterocycles. The molecule has 0 saturated carbocycles. The summed E-state index contributed by atoms with van der Waals surface area (Å²) >= 11 is 0. The average molecular weight is 350 g/mol. The number of benzene rings is 1. The van der Waals surface area contributed by atoms with Gasteiger partial charge in [0, 0.05) is 29.1 Å². The molecule has 1 aromatic carbocycles. The van der Waals surface area contributed by atoms with Gasteiger partial charge >= 0.3 is 5.97 Å². The lowest BCUT2D eigenvalue weighted by Crippen LogP contribution is -2.03. The Morgan fingerprint density at radius 3 is 2.85 bits per heavy atom. The van der Waals surface area contributed by atoms with Gasteiger partial charge in [-0.25, -0.2) is 0 Å². The highest BCUT2D eigenvalue weighted by atomic mass is 16.4. The number of carboxylic acids is 1. The number of aromatic amines is 1. The molecule has 0 saturated heterocycles. The third-order valence-corrected chi connectivity index (χ3v) is 5.39. The predicted octanol–water partition coefficient (Wildman–Crippen LogP) is 3.71. The molecule has 4 rings (SSSR count). The van der Waals surface area contributed by atoms with Crippen LogP contribution in [0.3, 0.4) is 0 Å². The number of fused-ring (bicyclic) bond motifs is 2. The molecular weight excluding hydrogens is 328 g/mol. The maximum absolute atomic E-state index is 12.5. The summed E-state index contributed by atoms with van der Waals surface area (Å²) in [5.41, 5.74) is 8.14. The minimum absolute atomic E-state index is 0.0850. The summed E-state index contributed by atoms with van der Waals surface area (Å²) in [5, 5.41) is 11.8. The van der Waals surface area contributed by atoms with E-state index in [2.05, 4.69) is 17.2 Å². The first-order valence-corrected chi connectivity index (χ1v) is 9.11. The van der Waals surface area contributed by atoms with Crippen molar-refractivity contribution in [2.45, 2.75) is 45.4 Å². The molecule has 0 bridgehead atoms. The zero-order valence-electron chi connectivity index (χ0n) is 14.8. The summed E-state index contributed by atoms with van der Waals surface area (Å²) in [6, 6.07) is 5.67. The molecule has 0 atom stereocenters. The molecule has 0 spiro atoms. The van der Waals surface area contributed by atoms with Crippen LogP contribution in [0, 0.1) is 6.92 Å². The fourth-order valence-corrected chi connectivity index (χ4v) is 3.95. The molecule has 1 amide bonds. The van der Waals surface area contributed by atoms with Crippen LogP contribution in [-0.2, 0) is 28.9 Å². The van der Waals surface area contributed by atoms with Crippen molar-refractivity contribution in [1.29, 1.82) is 0 Å². The average Bonchev–Trinajstić information content (AvgIpc) is 3.11. The van der Waals surface area contributed by atoms with Gasteiger partial charge in [-0.2, -0.15) is 0 Å². The number of aromatic nitrogens is 1. The summed E-state index contributed by atoms with van der Waals surface area (Å²) in [7, 11) is 0. The van der Waals surface area contributed by atoms with Crippen molar-refractivity contribution in [3.63, 3.8) is 0 Å². The largest absolute Gasteiger partial charge is 0.481 e. The Balaban J connectivity index is 1.71. The van der Waals surface area contributed by atoms with Crippen molar-refractivity contribution in [1.82, 2.24) is 4.98 Å². The van der Waals surface area contributed by atoms with E-state index in [0.717, 1.165) is 35.3 Å². The van der Waals surface area contributed by atoms with Crippen LogP contribution < -0.4 is 5.32 Å². The van der Waals surface area contributed by atoms with Crippen molar-refractivity contribution in [3.8, 4) is 0 Å². The van der Waals surface area contributed by atoms with E-state index in [9.17, 15) is 9.59 Å². The smallest absolute Gasteiger partial charge is 0.303 e. The van der Waals surface area contributed by atoms with Gasteiger partial charge in [0.25, 0.3) is 5.91 Å². The molecule has 2 aliphatic rings. The molecular formula is C21H22N2O3. The van der Waals surface area contributed by atoms with E-state index in [4.69, 9.17) is 5.11 Å². The Labute approximate surface area is 152 Å². The molecule has 26 heavy (non-hydrogen) atoms. The van der Waals surface area contributed by atoms with Crippen molar-refractivity contribution in [2.75, 3.05) is 5.32 Å². The van der Waals surface area contributed by atoms with Crippen molar-refractivity contribution >= 4 is 29.2 Å². The molecule has 3 N–H and O–H groups in total. The van der Waals surface area contributed by atoms with Crippen molar-refractivity contribution < 1.29 is 14.7 Å². The fourth-order valence-electron chi connectivity index (χ4n) is 3.95. The van der Waals surface area contributed by atoms with Gasteiger partial charge in [0.05, 0.1) is 5.57 Å². The molecule has 134 valence electrons. The SMILES string of the molecule is Cc1c(C=C2C(=O)Nc3ccc(CCC(=O)O)cc32)[nH]c2c1CCCC2. The van der Waals surface area contributed by atoms with Gasteiger partial charge in [-0.1, -0.05) is 6.07 Å². The lowest BCUT2D eigenvalue weighted by molar-refractivity contribution is -0.137. The summed E-state index contributed by atoms with van der Waals surface area (Å²) in [5.74, 6) is -0.926. The second kappa shape index (κ2) is 6.48. The number of hydrogen-bond acceptors (Lipinski definition) is 2. The highest BCUT2D eigenvalue weighted by molar-refractivity contribution is 6.34. The standard InChI is InChI=1S/C21H22N2O3/c1-12-14-4-2-3-5-17(14)22-19(12)11-16-15-10-13(7-9-20(24)25)6-8-18(15)23-21(16)26/h6,8,10-11,22H,2-5,7,9H2,1H3,(H,23,26)(H,24,25). The molecule has 0 fully saturated rings. The number of carbonyl (C=O) groups is 2. The van der Waals surface area contributed by atoms with E-state index in [0.29, 0.717) is 12.0 Å². The minimum Gasteiger partial charge on any atom is -0.481 e. The Hall–Kier alpha value is -2.82. The van der Waals surface area contributed by atoms with Crippen LogP contribution in [0.1, 0.15) is 52.9 Å². The Bertz CT molecular complexity index is 937. The third-order valence-electron chi connectivity index (χ3n) is 5.39. The summed E-state index contributed by atoms with van der Waals surface area (Å²) in [4.78, 5) is 26.8. The van der Waals surface area contributed by atoms with E-state index < -0.39 is 5.97 Å². The summed E-state index contributed by atoms with van der Waals surface area (Å²) in [6.45, 7) is 2.12. The lowest BCUT2D eigenvalue weighted by Gasteiger charge is -2.10. The second-order valence-corrected chi connectivity index (χ2v) is 7.11. The van der Waals surface area contributed by atoms with Gasteiger partial charge in [0.15, 0.2) is 0 Å². The quantitative estimate of drug-likeness (QED) is 0.735. The van der Waals surface area contributed by atoms with Gasteiger partial charge in [0.2, 0.25) is 0 Å². The first-order chi connectivity index (χ1) is 12.5. The van der Waals surface area contributed by atoms with Crippen LogP contribution in [-0.4, -0.2) is 22.0 Å². The molecule has 2 aromatic rings. The number of hydrogen-bond donors (Lipinski definition) is 3. The molecule has 5 nitrogen and oxygen atoms in total. The van der Waals surface area contributed by atoms with E-state index in [1.54, 1.807) is 0 Å². The van der Waals surface area contributed by atoms with E-state index in [-0.39, 0.29) is 12.3 Å². The number of H-pyrrole nitrogens is 1. The van der Waals surface area contributed by atoms with Gasteiger partial charge in [-0.15, -0.1) is 0 Å². The van der Waals surface area contributed by atoms with Crippen LogP contribution in [0.2, 0.25) is 0 Å². The topological polar surface area (TPSA) is 82.2 Å². The third kappa shape index (κ3) is 2.94.